The van der Waals surface area contributed by atoms with E-state index in [0.29, 0.717) is 0 Å². The first-order chi connectivity index (χ1) is 8.08. The van der Waals surface area contributed by atoms with Crippen LogP contribution in [0.4, 0.5) is 0 Å². The van der Waals surface area contributed by atoms with E-state index in [2.05, 4.69) is 50.5 Å². The summed E-state index contributed by atoms with van der Waals surface area (Å²) in [4.78, 5) is 0. The van der Waals surface area contributed by atoms with E-state index in [-0.39, 0.29) is 13.2 Å². The molecule has 0 aromatic heterocycles. The zero-order valence-corrected chi connectivity index (χ0v) is 17.4. The van der Waals surface area contributed by atoms with Crippen LogP contribution < -0.4 is 0 Å². The summed E-state index contributed by atoms with van der Waals surface area (Å²) >= 11 is 33.5. The fraction of sp³-hybridized carbons (Fsp3) is 1.00. The Bertz CT molecular complexity index is 167. The van der Waals surface area contributed by atoms with Gasteiger partial charge in [-0.3, -0.25) is 0 Å². The quantitative estimate of drug-likeness (QED) is 0.224. The molecule has 10 heteroatoms. The summed E-state index contributed by atoms with van der Waals surface area (Å²) in [6.45, 7) is 0. The first-order valence-electron chi connectivity index (χ1n) is 4.39. The highest BCUT2D eigenvalue weighted by molar-refractivity contribution is 8.29. The van der Waals surface area contributed by atoms with E-state index in [4.69, 9.17) is 25.3 Å². The second-order valence-electron chi connectivity index (χ2n) is 2.56. The van der Waals surface area contributed by atoms with Gasteiger partial charge < -0.3 is 0 Å². The Kier molecular flexibility index (Phi) is 14.6. The van der Waals surface area contributed by atoms with Gasteiger partial charge in [0.2, 0.25) is 0 Å². The van der Waals surface area contributed by atoms with Crippen molar-refractivity contribution in [3.8, 4) is 0 Å². The van der Waals surface area contributed by atoms with Crippen molar-refractivity contribution in [2.45, 2.75) is 13.2 Å². The van der Waals surface area contributed by atoms with E-state index >= 15 is 0 Å². The second kappa shape index (κ2) is 12.1. The molecule has 0 heterocycles. The molecule has 0 bridgehead atoms. The summed E-state index contributed by atoms with van der Waals surface area (Å²) in [5.74, 6) is 0. The Morgan fingerprint density at radius 1 is 0.706 bits per heavy atom. The van der Waals surface area contributed by atoms with Crippen molar-refractivity contribution in [3.05, 3.63) is 0 Å². The van der Waals surface area contributed by atoms with Crippen molar-refractivity contribution >= 4 is 123 Å². The molecule has 0 aromatic carbocycles. The number of hydrogen-bond donors (Lipinski definition) is 6. The van der Waals surface area contributed by atoms with Gasteiger partial charge in [0.25, 0.3) is 0 Å². The van der Waals surface area contributed by atoms with Gasteiger partial charge in [-0.25, -0.2) is 0 Å². The molecular formula is C7H16S10. The van der Waals surface area contributed by atoms with Crippen molar-refractivity contribution < 1.29 is 0 Å². The summed E-state index contributed by atoms with van der Waals surface area (Å²) in [5, 5.41) is 2.94. The molecular weight excluding hydrogens is 405 g/mol. The summed E-state index contributed by atoms with van der Waals surface area (Å²) in [6, 6.07) is 0. The highest BCUT2D eigenvalue weighted by Crippen LogP contribution is 2.54. The van der Waals surface area contributed by atoms with Crippen LogP contribution in [-0.4, -0.2) is 33.6 Å². The number of thiol groups is 6. The maximum absolute atomic E-state index is 4.71. The van der Waals surface area contributed by atoms with Gasteiger partial charge in [-0.2, -0.15) is 75.8 Å². The van der Waals surface area contributed by atoms with Gasteiger partial charge in [-0.05, 0) is 0 Å². The molecule has 0 rings (SSSR count). The Hall–Kier alpha value is 3.50. The van der Waals surface area contributed by atoms with Crippen LogP contribution in [0.1, 0.15) is 0 Å². The van der Waals surface area contributed by atoms with Crippen LogP contribution in [0.5, 0.6) is 0 Å². The van der Waals surface area contributed by atoms with E-state index < -0.39 is 0 Å². The predicted octanol–water partition coefficient (Wildman–Crippen LogP) is 4.68. The average Bonchev–Trinajstić information content (AvgIpc) is 2.29. The van der Waals surface area contributed by atoms with Gasteiger partial charge in [0.1, 0.15) is 4.08 Å². The van der Waals surface area contributed by atoms with Crippen molar-refractivity contribution in [2.75, 3.05) is 20.3 Å². The number of hydrogen-bond acceptors (Lipinski definition) is 10. The normalized spacial score (nSPS) is 15.9. The predicted molar refractivity (Wildman–Crippen MR) is 114 cm³/mol. The second-order valence-corrected chi connectivity index (χ2v) is 12.2. The Balaban J connectivity index is 4.94. The molecule has 0 radical (unpaired) electrons. The lowest BCUT2D eigenvalue weighted by molar-refractivity contribution is 0.991. The summed E-state index contributed by atoms with van der Waals surface area (Å²) in [6.07, 6.45) is 0. The molecule has 104 valence electrons. The molecule has 0 aliphatic carbocycles. The maximum atomic E-state index is 4.71. The molecule has 0 saturated carbocycles. The van der Waals surface area contributed by atoms with Crippen LogP contribution in [-0.2, 0) is 0 Å². The van der Waals surface area contributed by atoms with E-state index in [1.54, 1.807) is 47.0 Å². The van der Waals surface area contributed by atoms with Crippen LogP contribution in [0.2, 0.25) is 0 Å². The van der Waals surface area contributed by atoms with Crippen molar-refractivity contribution in [1.29, 1.82) is 0 Å². The first-order valence-corrected chi connectivity index (χ1v) is 12.0. The highest BCUT2D eigenvalue weighted by atomic mass is 32.2. The monoisotopic (exact) mass is 420 g/mol. The highest BCUT2D eigenvalue weighted by Gasteiger charge is 2.43. The zero-order chi connectivity index (χ0) is 13.3. The third-order valence-electron chi connectivity index (χ3n) is 1.73. The average molecular weight is 421 g/mol. The van der Waals surface area contributed by atoms with Crippen molar-refractivity contribution in [1.82, 2.24) is 0 Å². The molecule has 0 aliphatic rings. The van der Waals surface area contributed by atoms with Gasteiger partial charge in [0.15, 0.2) is 0 Å². The minimum Gasteiger partial charge on any atom is -0.168 e. The van der Waals surface area contributed by atoms with Gasteiger partial charge in [0, 0.05) is 20.3 Å². The number of rotatable bonds is 10. The minimum absolute atomic E-state index is 0.129. The molecule has 0 saturated heterocycles. The van der Waals surface area contributed by atoms with E-state index in [0.717, 1.165) is 20.3 Å². The fourth-order valence-electron chi connectivity index (χ4n) is 1.02. The summed E-state index contributed by atoms with van der Waals surface area (Å²) in [5.41, 5.74) is 0. The molecule has 2 atom stereocenters. The molecule has 0 fully saturated rings. The third-order valence-corrected chi connectivity index (χ3v) is 10.9. The lowest BCUT2D eigenvalue weighted by Gasteiger charge is -2.40. The Labute approximate surface area is 154 Å². The molecule has 0 spiro atoms. The van der Waals surface area contributed by atoms with Crippen LogP contribution in [0.3, 0.4) is 0 Å². The Morgan fingerprint density at radius 2 is 1.06 bits per heavy atom. The lowest BCUT2D eigenvalue weighted by Crippen LogP contribution is -2.38. The lowest BCUT2D eigenvalue weighted by atomic mass is 10.5. The molecule has 0 aromatic rings. The number of thioether (sulfide) groups is 4. The van der Waals surface area contributed by atoms with Crippen molar-refractivity contribution in [3.63, 3.8) is 0 Å². The van der Waals surface area contributed by atoms with Crippen LogP contribution in [0.25, 0.3) is 0 Å². The molecule has 0 nitrogen and oxygen atoms in total. The van der Waals surface area contributed by atoms with Gasteiger partial charge >= 0.3 is 0 Å². The van der Waals surface area contributed by atoms with Gasteiger partial charge in [0.05, 0.1) is 9.16 Å². The third kappa shape index (κ3) is 6.86. The van der Waals surface area contributed by atoms with Crippen LogP contribution in [0.15, 0.2) is 0 Å². The zero-order valence-electron chi connectivity index (χ0n) is 8.80. The largest absolute Gasteiger partial charge is 0.168 e. The smallest absolute Gasteiger partial charge is 0.104 e. The minimum atomic E-state index is -0.142. The Morgan fingerprint density at radius 3 is 1.29 bits per heavy atom. The van der Waals surface area contributed by atoms with Gasteiger partial charge in [-0.15, -0.1) is 47.0 Å². The van der Waals surface area contributed by atoms with Crippen LogP contribution >= 0.6 is 123 Å². The topological polar surface area (TPSA) is 0 Å². The molecule has 0 N–H and O–H groups in total. The first kappa shape index (κ1) is 20.5. The van der Waals surface area contributed by atoms with E-state index in [1.807, 2.05) is 0 Å². The molecule has 2 unspecified atom stereocenters. The molecule has 0 amide bonds. The summed E-state index contributed by atoms with van der Waals surface area (Å²) < 4.78 is 0.115. The van der Waals surface area contributed by atoms with Gasteiger partial charge in [-0.1, -0.05) is 0 Å². The maximum Gasteiger partial charge on any atom is 0.104 e. The van der Waals surface area contributed by atoms with Crippen molar-refractivity contribution in [2.24, 2.45) is 0 Å². The standard InChI is InChI=1S/C7H16S10/c8-1-14-5(12)7(16-3-10,17-4-11)6(13)15-2-9/h5-6,8-13H,1-4H2. The van der Waals surface area contributed by atoms with E-state index in [1.165, 1.54) is 0 Å². The molecule has 17 heavy (non-hydrogen) atoms. The SMILES string of the molecule is SCSC(S)C(SCS)(SCS)C(S)SCS. The fourth-order valence-corrected chi connectivity index (χ4v) is 10.8. The van der Waals surface area contributed by atoms with E-state index in [9.17, 15) is 0 Å². The van der Waals surface area contributed by atoms with Crippen LogP contribution in [0, 0.1) is 0 Å². The summed E-state index contributed by atoms with van der Waals surface area (Å²) in [7, 11) is 0. The molecule has 0 aliphatic heterocycles.